The summed E-state index contributed by atoms with van der Waals surface area (Å²) in [5.41, 5.74) is -0.352. The summed E-state index contributed by atoms with van der Waals surface area (Å²) in [7, 11) is -1.67. The van der Waals surface area contributed by atoms with Crippen molar-refractivity contribution < 1.29 is 18.8 Å². The molecule has 2 fully saturated rings. The number of esters is 1. The van der Waals surface area contributed by atoms with Gasteiger partial charge in [-0.1, -0.05) is 6.42 Å². The zero-order chi connectivity index (χ0) is 15.7. The SMILES string of the molecule is CC(=O)O[C@@H]1CC[C@]2(C=O)[C@H](CCC[C@H]2O[Si](C)(C)C)C1. The highest BCUT2D eigenvalue weighted by Gasteiger charge is 2.52. The molecule has 120 valence electrons. The number of hydrogen-bond donors (Lipinski definition) is 0. The number of aldehydes is 1. The third-order valence-corrected chi connectivity index (χ3v) is 5.86. The van der Waals surface area contributed by atoms with E-state index in [-0.39, 0.29) is 23.6 Å². The Hall–Kier alpha value is -0.683. The van der Waals surface area contributed by atoms with Crippen molar-refractivity contribution in [2.45, 2.75) is 77.3 Å². The summed E-state index contributed by atoms with van der Waals surface area (Å²) in [6, 6.07) is 0. The Kier molecular flexibility index (Phi) is 4.93. The van der Waals surface area contributed by atoms with Gasteiger partial charge in [0.05, 0.1) is 11.5 Å². The molecule has 2 aliphatic carbocycles. The van der Waals surface area contributed by atoms with Gasteiger partial charge in [-0.3, -0.25) is 4.79 Å². The Balaban J connectivity index is 2.15. The van der Waals surface area contributed by atoms with Crippen LogP contribution in [0.4, 0.5) is 0 Å². The van der Waals surface area contributed by atoms with Crippen LogP contribution >= 0.6 is 0 Å². The molecule has 0 bridgehead atoms. The molecule has 0 heterocycles. The fourth-order valence-electron chi connectivity index (χ4n) is 4.07. The molecule has 0 N–H and O–H groups in total. The van der Waals surface area contributed by atoms with Crippen molar-refractivity contribution in [1.82, 2.24) is 0 Å². The Bertz CT molecular complexity index is 404. The highest BCUT2D eigenvalue weighted by atomic mass is 28.4. The molecule has 0 spiro atoms. The first-order chi connectivity index (χ1) is 9.77. The van der Waals surface area contributed by atoms with Crippen LogP contribution in [0.3, 0.4) is 0 Å². The van der Waals surface area contributed by atoms with Crippen LogP contribution in [0.2, 0.25) is 19.6 Å². The van der Waals surface area contributed by atoms with Gasteiger partial charge in [-0.15, -0.1) is 0 Å². The Morgan fingerprint density at radius 2 is 1.95 bits per heavy atom. The minimum Gasteiger partial charge on any atom is -0.463 e. The van der Waals surface area contributed by atoms with Gasteiger partial charge in [0.15, 0.2) is 8.32 Å². The maximum Gasteiger partial charge on any atom is 0.302 e. The third kappa shape index (κ3) is 3.75. The molecular formula is C16H28O4Si. The lowest BCUT2D eigenvalue weighted by Gasteiger charge is -2.51. The lowest BCUT2D eigenvalue weighted by Crippen LogP contribution is -2.54. The average molecular weight is 312 g/mol. The number of carbonyl (C=O) groups is 2. The molecule has 2 aliphatic rings. The molecule has 0 saturated heterocycles. The lowest BCUT2D eigenvalue weighted by atomic mass is 9.58. The molecule has 4 nitrogen and oxygen atoms in total. The Labute approximate surface area is 128 Å². The normalized spacial score (nSPS) is 36.7. The second kappa shape index (κ2) is 6.21. The first kappa shape index (κ1) is 16.7. The Morgan fingerprint density at radius 1 is 1.24 bits per heavy atom. The predicted molar refractivity (Wildman–Crippen MR) is 83.5 cm³/mol. The smallest absolute Gasteiger partial charge is 0.302 e. The van der Waals surface area contributed by atoms with E-state index >= 15 is 0 Å². The Morgan fingerprint density at radius 3 is 2.52 bits per heavy atom. The van der Waals surface area contributed by atoms with E-state index < -0.39 is 8.32 Å². The molecular weight excluding hydrogens is 284 g/mol. The van der Waals surface area contributed by atoms with Gasteiger partial charge in [0.2, 0.25) is 0 Å². The molecule has 0 aromatic heterocycles. The average Bonchev–Trinajstić information content (AvgIpc) is 2.36. The molecule has 0 amide bonds. The topological polar surface area (TPSA) is 52.6 Å². The van der Waals surface area contributed by atoms with E-state index in [1.165, 1.54) is 6.92 Å². The van der Waals surface area contributed by atoms with Crippen molar-refractivity contribution in [2.75, 3.05) is 0 Å². The molecule has 0 aromatic rings. The second-order valence-electron chi connectivity index (χ2n) is 7.58. The first-order valence-electron chi connectivity index (χ1n) is 8.08. The maximum atomic E-state index is 12.0. The lowest BCUT2D eigenvalue weighted by molar-refractivity contribution is -0.157. The minimum absolute atomic E-state index is 0.0220. The number of rotatable bonds is 4. The number of carbonyl (C=O) groups excluding carboxylic acids is 2. The predicted octanol–water partition coefficient (Wildman–Crippen LogP) is 3.31. The molecule has 21 heavy (non-hydrogen) atoms. The zero-order valence-electron chi connectivity index (χ0n) is 13.7. The van der Waals surface area contributed by atoms with Gasteiger partial charge < -0.3 is 14.0 Å². The summed E-state index contributed by atoms with van der Waals surface area (Å²) in [5, 5.41) is 0. The van der Waals surface area contributed by atoms with Gasteiger partial charge in [-0.2, -0.15) is 0 Å². The highest BCUT2D eigenvalue weighted by Crippen LogP contribution is 2.51. The van der Waals surface area contributed by atoms with E-state index in [4.69, 9.17) is 9.16 Å². The van der Waals surface area contributed by atoms with Crippen molar-refractivity contribution >= 4 is 20.6 Å². The maximum absolute atomic E-state index is 12.0. The van der Waals surface area contributed by atoms with Crippen molar-refractivity contribution in [3.05, 3.63) is 0 Å². The summed E-state index contributed by atoms with van der Waals surface area (Å²) < 4.78 is 11.7. The molecule has 0 unspecified atom stereocenters. The van der Waals surface area contributed by atoms with Crippen LogP contribution in [0.15, 0.2) is 0 Å². The summed E-state index contributed by atoms with van der Waals surface area (Å²) >= 11 is 0. The second-order valence-corrected chi connectivity index (χ2v) is 12.0. The number of fused-ring (bicyclic) bond motifs is 1. The van der Waals surface area contributed by atoms with Crippen LogP contribution in [0.1, 0.15) is 45.4 Å². The molecule has 2 saturated carbocycles. The minimum atomic E-state index is -1.67. The van der Waals surface area contributed by atoms with Crippen LogP contribution in [-0.4, -0.2) is 32.8 Å². The van der Waals surface area contributed by atoms with Crippen LogP contribution in [-0.2, 0) is 18.8 Å². The van der Waals surface area contributed by atoms with Crippen molar-refractivity contribution in [3.63, 3.8) is 0 Å². The van der Waals surface area contributed by atoms with E-state index in [2.05, 4.69) is 19.6 Å². The van der Waals surface area contributed by atoms with Gasteiger partial charge in [0.25, 0.3) is 0 Å². The van der Waals surface area contributed by atoms with E-state index in [9.17, 15) is 9.59 Å². The summed E-state index contributed by atoms with van der Waals surface area (Å²) in [5.74, 6) is 0.0764. The fourth-order valence-corrected chi connectivity index (χ4v) is 5.26. The van der Waals surface area contributed by atoms with E-state index in [0.29, 0.717) is 5.92 Å². The van der Waals surface area contributed by atoms with Gasteiger partial charge in [-0.05, 0) is 57.7 Å². The molecule has 5 heteroatoms. The van der Waals surface area contributed by atoms with E-state index in [1.807, 2.05) is 0 Å². The van der Waals surface area contributed by atoms with Gasteiger partial charge in [0, 0.05) is 6.92 Å². The van der Waals surface area contributed by atoms with Crippen LogP contribution in [0.5, 0.6) is 0 Å². The molecule has 0 radical (unpaired) electrons. The first-order valence-corrected chi connectivity index (χ1v) is 11.5. The van der Waals surface area contributed by atoms with E-state index in [0.717, 1.165) is 44.8 Å². The molecule has 4 atom stereocenters. The largest absolute Gasteiger partial charge is 0.463 e. The van der Waals surface area contributed by atoms with Crippen LogP contribution < -0.4 is 0 Å². The van der Waals surface area contributed by atoms with Crippen LogP contribution in [0, 0.1) is 11.3 Å². The van der Waals surface area contributed by atoms with Gasteiger partial charge >= 0.3 is 5.97 Å². The summed E-state index contributed by atoms with van der Waals surface area (Å²) in [6.07, 6.45) is 6.69. The van der Waals surface area contributed by atoms with Gasteiger partial charge in [0.1, 0.15) is 12.4 Å². The third-order valence-electron chi connectivity index (χ3n) is 4.87. The monoisotopic (exact) mass is 312 g/mol. The van der Waals surface area contributed by atoms with Crippen molar-refractivity contribution in [3.8, 4) is 0 Å². The zero-order valence-corrected chi connectivity index (χ0v) is 14.7. The van der Waals surface area contributed by atoms with Crippen molar-refractivity contribution in [2.24, 2.45) is 11.3 Å². The highest BCUT2D eigenvalue weighted by molar-refractivity contribution is 6.69. The standard InChI is InChI=1S/C16H28O4Si/c1-12(18)19-14-8-9-16(11-17)13(10-14)6-5-7-15(16)20-21(2,3)4/h11,13-15H,5-10H2,1-4H3/t13-,14-,15-,16+/m1/s1. The quantitative estimate of drug-likeness (QED) is 0.454. The summed E-state index contributed by atoms with van der Waals surface area (Å²) in [6.45, 7) is 8.00. The van der Waals surface area contributed by atoms with Crippen molar-refractivity contribution in [1.29, 1.82) is 0 Å². The number of ether oxygens (including phenoxy) is 1. The molecule has 0 aromatic carbocycles. The van der Waals surface area contributed by atoms with Gasteiger partial charge in [-0.25, -0.2) is 0 Å². The fraction of sp³-hybridized carbons (Fsp3) is 0.875. The van der Waals surface area contributed by atoms with E-state index in [1.54, 1.807) is 0 Å². The molecule has 0 aliphatic heterocycles. The van der Waals surface area contributed by atoms with Crippen LogP contribution in [0.25, 0.3) is 0 Å². The summed E-state index contributed by atoms with van der Waals surface area (Å²) in [4.78, 5) is 23.1. The molecule has 2 rings (SSSR count). The number of hydrogen-bond acceptors (Lipinski definition) is 4.